The predicted octanol–water partition coefficient (Wildman–Crippen LogP) is 13.3. The second-order valence-electron chi connectivity index (χ2n) is 14.2. The van der Waals surface area contributed by atoms with Crippen LogP contribution in [0.2, 0.25) is 0 Å². The minimum atomic E-state index is 0.935. The quantitative estimate of drug-likeness (QED) is 0.172. The summed E-state index contributed by atoms with van der Waals surface area (Å²) in [4.78, 5) is 10.1. The fourth-order valence-corrected chi connectivity index (χ4v) is 8.43. The summed E-state index contributed by atoms with van der Waals surface area (Å²) in [6.07, 6.45) is 1.88. The molecule has 0 saturated heterocycles. The van der Waals surface area contributed by atoms with Gasteiger partial charge in [0.25, 0.3) is 0 Å². The zero-order chi connectivity index (χ0) is 37.0. The molecule has 7 aromatic carbocycles. The predicted molar refractivity (Wildman–Crippen MR) is 232 cm³/mol. The fraction of sp³-hybridized carbons (Fsp3) is 0. The fourth-order valence-electron chi connectivity index (χ4n) is 8.43. The number of hydrogen-bond donors (Lipinski definition) is 0. The SMILES string of the molecule is c1ccc(-c2cc(-c3ccccc3)nc(-c3cccc(-n4c5ccccc5c5c(-c6ccc7c8ncccc8n(-c8ccccc8)c7c6)cccc54)c3)c2)cc1. The topological polar surface area (TPSA) is 35.6 Å². The van der Waals surface area contributed by atoms with E-state index in [2.05, 4.69) is 197 Å². The van der Waals surface area contributed by atoms with E-state index in [0.717, 1.165) is 83.5 Å². The number of aromatic nitrogens is 4. The normalized spacial score (nSPS) is 11.6. The lowest BCUT2D eigenvalue weighted by atomic mass is 9.98. The van der Waals surface area contributed by atoms with Crippen molar-refractivity contribution in [1.29, 1.82) is 0 Å². The molecule has 56 heavy (non-hydrogen) atoms. The molecule has 0 saturated carbocycles. The second kappa shape index (κ2) is 13.1. The molecule has 0 bridgehead atoms. The van der Waals surface area contributed by atoms with Gasteiger partial charge in [-0.25, -0.2) is 4.98 Å². The molecule has 4 heterocycles. The molecule has 0 radical (unpaired) electrons. The van der Waals surface area contributed by atoms with E-state index >= 15 is 0 Å². The Morgan fingerprint density at radius 1 is 0.339 bits per heavy atom. The number of rotatable bonds is 6. The molecule has 0 N–H and O–H groups in total. The van der Waals surface area contributed by atoms with Gasteiger partial charge in [0.05, 0.1) is 39.0 Å². The van der Waals surface area contributed by atoms with Gasteiger partial charge in [-0.15, -0.1) is 0 Å². The van der Waals surface area contributed by atoms with Crippen molar-refractivity contribution in [3.63, 3.8) is 0 Å². The largest absolute Gasteiger partial charge is 0.309 e. The van der Waals surface area contributed by atoms with E-state index in [4.69, 9.17) is 9.97 Å². The van der Waals surface area contributed by atoms with Crippen LogP contribution in [-0.4, -0.2) is 19.1 Å². The van der Waals surface area contributed by atoms with Crippen LogP contribution in [0, 0.1) is 0 Å². The van der Waals surface area contributed by atoms with Gasteiger partial charge in [-0.2, -0.15) is 0 Å². The monoisotopic (exact) mass is 714 g/mol. The van der Waals surface area contributed by atoms with Crippen molar-refractivity contribution in [3.05, 3.63) is 206 Å². The molecule has 0 spiro atoms. The lowest BCUT2D eigenvalue weighted by Gasteiger charge is -2.13. The summed E-state index contributed by atoms with van der Waals surface area (Å²) in [6.45, 7) is 0. The highest BCUT2D eigenvalue weighted by Gasteiger charge is 2.19. The highest BCUT2D eigenvalue weighted by atomic mass is 15.0. The first kappa shape index (κ1) is 31.9. The number of pyridine rings is 2. The van der Waals surface area contributed by atoms with Crippen molar-refractivity contribution >= 4 is 43.7 Å². The van der Waals surface area contributed by atoms with Crippen molar-refractivity contribution in [2.24, 2.45) is 0 Å². The molecule has 4 nitrogen and oxygen atoms in total. The number of nitrogens with zero attached hydrogens (tertiary/aromatic N) is 4. The van der Waals surface area contributed by atoms with Gasteiger partial charge < -0.3 is 9.13 Å². The van der Waals surface area contributed by atoms with Gasteiger partial charge in [0.1, 0.15) is 0 Å². The molecule has 0 aliphatic heterocycles. The van der Waals surface area contributed by atoms with Crippen molar-refractivity contribution in [2.75, 3.05) is 0 Å². The third kappa shape index (κ3) is 5.23. The van der Waals surface area contributed by atoms with E-state index in [-0.39, 0.29) is 0 Å². The zero-order valence-electron chi connectivity index (χ0n) is 30.4. The van der Waals surface area contributed by atoms with Crippen LogP contribution < -0.4 is 0 Å². The van der Waals surface area contributed by atoms with Gasteiger partial charge in [0, 0.05) is 44.9 Å². The van der Waals surface area contributed by atoms with Gasteiger partial charge in [-0.3, -0.25) is 4.98 Å². The minimum absolute atomic E-state index is 0.935. The molecular weight excluding hydrogens is 681 g/mol. The average Bonchev–Trinajstić information content (AvgIpc) is 3.80. The number of benzene rings is 7. The maximum atomic E-state index is 5.25. The molecule has 11 rings (SSSR count). The summed E-state index contributed by atoms with van der Waals surface area (Å²) >= 11 is 0. The van der Waals surface area contributed by atoms with Crippen LogP contribution in [0.4, 0.5) is 0 Å². The molecule has 262 valence electrons. The molecule has 11 aromatic rings. The standard InChI is InChI=1S/C52H34N4/c1-4-15-35(16-5-1)39-32-45(36-17-6-2-7-18-36)54-46(33-39)38-19-12-22-41(31-38)56-47-25-11-10-23-43(47)51-42(24-13-26-48(51)56)37-28-29-44-50(34-37)55(40-20-8-3-9-21-40)49-27-14-30-53-52(44)49/h1-34H. The minimum Gasteiger partial charge on any atom is -0.309 e. The Kier molecular flexibility index (Phi) is 7.46. The van der Waals surface area contributed by atoms with Gasteiger partial charge in [0.2, 0.25) is 0 Å². The van der Waals surface area contributed by atoms with E-state index < -0.39 is 0 Å². The van der Waals surface area contributed by atoms with Crippen LogP contribution >= 0.6 is 0 Å². The van der Waals surface area contributed by atoms with Crippen LogP contribution in [-0.2, 0) is 0 Å². The molecule has 0 aliphatic carbocycles. The number of fused-ring (bicyclic) bond motifs is 6. The van der Waals surface area contributed by atoms with Gasteiger partial charge in [-0.1, -0.05) is 127 Å². The van der Waals surface area contributed by atoms with E-state index in [1.165, 1.54) is 16.3 Å². The molecule has 0 amide bonds. The van der Waals surface area contributed by atoms with E-state index in [9.17, 15) is 0 Å². The number of hydrogen-bond acceptors (Lipinski definition) is 2. The Morgan fingerprint density at radius 3 is 1.79 bits per heavy atom. The zero-order valence-corrected chi connectivity index (χ0v) is 30.4. The maximum Gasteiger partial charge on any atom is 0.0963 e. The van der Waals surface area contributed by atoms with Crippen molar-refractivity contribution in [3.8, 4) is 56.1 Å². The molecule has 0 fully saturated rings. The van der Waals surface area contributed by atoms with Crippen LogP contribution in [0.3, 0.4) is 0 Å². The van der Waals surface area contributed by atoms with Crippen LogP contribution in [0.1, 0.15) is 0 Å². The third-order valence-corrected chi connectivity index (χ3v) is 10.9. The first-order valence-corrected chi connectivity index (χ1v) is 19.0. The van der Waals surface area contributed by atoms with E-state index in [1.807, 2.05) is 18.3 Å². The lowest BCUT2D eigenvalue weighted by Crippen LogP contribution is -1.96. The molecule has 4 heteroatoms. The highest BCUT2D eigenvalue weighted by Crippen LogP contribution is 2.41. The Morgan fingerprint density at radius 2 is 0.964 bits per heavy atom. The summed E-state index contributed by atoms with van der Waals surface area (Å²) < 4.78 is 4.74. The molecule has 0 atom stereocenters. The second-order valence-corrected chi connectivity index (χ2v) is 14.2. The summed E-state index contributed by atoms with van der Waals surface area (Å²) in [7, 11) is 0. The van der Waals surface area contributed by atoms with Crippen molar-refractivity contribution < 1.29 is 0 Å². The smallest absolute Gasteiger partial charge is 0.0963 e. The van der Waals surface area contributed by atoms with Crippen molar-refractivity contribution in [2.45, 2.75) is 0 Å². The average molecular weight is 715 g/mol. The summed E-state index contributed by atoms with van der Waals surface area (Å²) in [5.41, 5.74) is 16.5. The third-order valence-electron chi connectivity index (χ3n) is 10.9. The first-order chi connectivity index (χ1) is 27.8. The molecule has 0 unspecified atom stereocenters. The van der Waals surface area contributed by atoms with Gasteiger partial charge >= 0.3 is 0 Å². The number of para-hydroxylation sites is 2. The Balaban J connectivity index is 1.10. The highest BCUT2D eigenvalue weighted by molar-refractivity contribution is 6.17. The Hall–Kier alpha value is -7.56. The van der Waals surface area contributed by atoms with Crippen molar-refractivity contribution in [1.82, 2.24) is 19.1 Å². The molecular formula is C52H34N4. The molecule has 0 aliphatic rings. The first-order valence-electron chi connectivity index (χ1n) is 19.0. The summed E-state index contributed by atoms with van der Waals surface area (Å²) in [6, 6.07) is 71.3. The van der Waals surface area contributed by atoms with Crippen LogP contribution in [0.25, 0.3) is 99.9 Å². The molecule has 4 aromatic heterocycles. The Labute approximate surface area is 324 Å². The summed E-state index contributed by atoms with van der Waals surface area (Å²) in [5.74, 6) is 0. The van der Waals surface area contributed by atoms with Crippen LogP contribution in [0.15, 0.2) is 206 Å². The van der Waals surface area contributed by atoms with Gasteiger partial charge in [-0.05, 0) is 95.1 Å². The lowest BCUT2D eigenvalue weighted by molar-refractivity contribution is 1.17. The van der Waals surface area contributed by atoms with Crippen LogP contribution in [0.5, 0.6) is 0 Å². The van der Waals surface area contributed by atoms with E-state index in [0.29, 0.717) is 0 Å². The van der Waals surface area contributed by atoms with Gasteiger partial charge in [0.15, 0.2) is 0 Å². The van der Waals surface area contributed by atoms with E-state index in [1.54, 1.807) is 0 Å². The Bertz CT molecular complexity index is 3170. The maximum absolute atomic E-state index is 5.25. The summed E-state index contributed by atoms with van der Waals surface area (Å²) in [5, 5.41) is 3.58.